The van der Waals surface area contributed by atoms with Crippen molar-refractivity contribution in [2.75, 3.05) is 0 Å². The number of halogens is 1. The zero-order valence-corrected chi connectivity index (χ0v) is 12.3. The molecule has 114 valence electrons. The lowest BCUT2D eigenvalue weighted by molar-refractivity contribution is -0.392. The van der Waals surface area contributed by atoms with Crippen LogP contribution in [0.25, 0.3) is 0 Å². The van der Waals surface area contributed by atoms with Crippen molar-refractivity contribution in [3.8, 4) is 0 Å². The molecule has 8 nitrogen and oxygen atoms in total. The molecule has 2 rings (SSSR count). The topological polar surface area (TPSA) is 102 Å². The van der Waals surface area contributed by atoms with Gasteiger partial charge in [0, 0.05) is 11.9 Å². The number of hydrogen-bond donors (Lipinski definition) is 1. The molecule has 1 heterocycles. The minimum absolute atomic E-state index is 0.241. The van der Waals surface area contributed by atoms with Crippen molar-refractivity contribution in [3.63, 3.8) is 0 Å². The number of aryl methyl sites for hydroxylation is 1. The van der Waals surface area contributed by atoms with E-state index >= 15 is 0 Å². The van der Waals surface area contributed by atoms with Gasteiger partial charge in [-0.1, -0.05) is 23.7 Å². The summed E-state index contributed by atoms with van der Waals surface area (Å²) in [6.07, 6.45) is 2.54. The van der Waals surface area contributed by atoms with Crippen LogP contribution in [0.2, 0.25) is 5.02 Å². The Kier molecular flexibility index (Phi) is 4.84. The van der Waals surface area contributed by atoms with Gasteiger partial charge in [-0.2, -0.15) is 5.10 Å². The smallest absolute Gasteiger partial charge is 0.343 e. The summed E-state index contributed by atoms with van der Waals surface area (Å²) in [5.41, 5.74) is 3.02. The Bertz CT molecular complexity index is 741. The molecular formula is C13H12ClN5O3. The number of hydrazone groups is 1. The molecule has 0 unspecified atom stereocenters. The molecule has 1 amide bonds. The van der Waals surface area contributed by atoms with Crippen molar-refractivity contribution >= 4 is 29.5 Å². The van der Waals surface area contributed by atoms with E-state index in [4.69, 9.17) is 11.6 Å². The SMILES string of the molecule is Cc1ncc([N+](=O)[O-])n1CC(=O)N/N=C/c1cccc(Cl)c1. The van der Waals surface area contributed by atoms with Crippen molar-refractivity contribution in [2.24, 2.45) is 5.10 Å². The quantitative estimate of drug-likeness (QED) is 0.516. The number of hydrogen-bond acceptors (Lipinski definition) is 5. The molecular weight excluding hydrogens is 310 g/mol. The third-order valence-corrected chi connectivity index (χ3v) is 3.01. The van der Waals surface area contributed by atoms with Gasteiger partial charge in [-0.3, -0.25) is 4.79 Å². The highest BCUT2D eigenvalue weighted by Crippen LogP contribution is 2.13. The van der Waals surface area contributed by atoms with Crippen molar-refractivity contribution in [1.82, 2.24) is 15.0 Å². The standard InChI is InChI=1S/C13H12ClN5O3/c1-9-15-7-13(19(21)22)18(9)8-12(20)17-16-6-10-3-2-4-11(14)5-10/h2-7H,8H2,1H3,(H,17,20)/b16-6+. The van der Waals surface area contributed by atoms with E-state index in [1.807, 2.05) is 0 Å². The van der Waals surface area contributed by atoms with Crippen LogP contribution in [0, 0.1) is 17.0 Å². The Labute approximate surface area is 130 Å². The van der Waals surface area contributed by atoms with Gasteiger partial charge in [0.25, 0.3) is 5.91 Å². The number of nitrogens with zero attached hydrogens (tertiary/aromatic N) is 4. The summed E-state index contributed by atoms with van der Waals surface area (Å²) < 4.78 is 1.20. The van der Waals surface area contributed by atoms with Crippen LogP contribution in [0.1, 0.15) is 11.4 Å². The van der Waals surface area contributed by atoms with E-state index in [2.05, 4.69) is 15.5 Å². The van der Waals surface area contributed by atoms with Crippen molar-refractivity contribution in [1.29, 1.82) is 0 Å². The zero-order valence-electron chi connectivity index (χ0n) is 11.6. The number of benzene rings is 1. The lowest BCUT2D eigenvalue weighted by atomic mass is 10.2. The molecule has 0 saturated heterocycles. The maximum absolute atomic E-state index is 11.8. The Morgan fingerprint density at radius 3 is 3.05 bits per heavy atom. The van der Waals surface area contributed by atoms with Gasteiger partial charge in [0.05, 0.1) is 6.21 Å². The van der Waals surface area contributed by atoms with Crippen molar-refractivity contribution in [2.45, 2.75) is 13.5 Å². The molecule has 0 aliphatic carbocycles. The number of carbonyl (C=O) groups excluding carboxylic acids is 1. The van der Waals surface area contributed by atoms with Crippen LogP contribution < -0.4 is 5.43 Å². The van der Waals surface area contributed by atoms with E-state index in [0.29, 0.717) is 10.8 Å². The van der Waals surface area contributed by atoms with E-state index in [0.717, 1.165) is 11.8 Å². The largest absolute Gasteiger partial charge is 0.358 e. The number of imidazole rings is 1. The average molecular weight is 322 g/mol. The van der Waals surface area contributed by atoms with E-state index < -0.39 is 10.8 Å². The Balaban J connectivity index is 1.99. The number of nitrogens with one attached hydrogen (secondary N) is 1. The van der Waals surface area contributed by atoms with Gasteiger partial charge in [-0.25, -0.2) is 15.0 Å². The molecule has 22 heavy (non-hydrogen) atoms. The number of amides is 1. The molecule has 0 bridgehead atoms. The summed E-state index contributed by atoms with van der Waals surface area (Å²) in [5, 5.41) is 15.2. The van der Waals surface area contributed by atoms with E-state index in [-0.39, 0.29) is 12.4 Å². The van der Waals surface area contributed by atoms with Crippen LogP contribution in [-0.2, 0) is 11.3 Å². The molecule has 0 radical (unpaired) electrons. The van der Waals surface area contributed by atoms with Crippen LogP contribution >= 0.6 is 11.6 Å². The predicted octanol–water partition coefficient (Wildman–Crippen LogP) is 1.90. The van der Waals surface area contributed by atoms with Gasteiger partial charge >= 0.3 is 5.82 Å². The van der Waals surface area contributed by atoms with Gasteiger partial charge in [0.15, 0.2) is 12.4 Å². The highest BCUT2D eigenvalue weighted by atomic mass is 35.5. The minimum atomic E-state index is -0.595. The predicted molar refractivity (Wildman–Crippen MR) is 80.8 cm³/mol. The summed E-state index contributed by atoms with van der Waals surface area (Å²) in [4.78, 5) is 25.8. The van der Waals surface area contributed by atoms with E-state index in [1.54, 1.807) is 31.2 Å². The van der Waals surface area contributed by atoms with Crippen LogP contribution in [-0.4, -0.2) is 26.6 Å². The zero-order chi connectivity index (χ0) is 16.1. The number of nitro groups is 1. The molecule has 1 N–H and O–H groups in total. The molecule has 9 heteroatoms. The summed E-state index contributed by atoms with van der Waals surface area (Å²) in [7, 11) is 0. The van der Waals surface area contributed by atoms with Crippen LogP contribution in [0.15, 0.2) is 35.6 Å². The lowest BCUT2D eigenvalue weighted by Crippen LogP contribution is -2.24. The highest BCUT2D eigenvalue weighted by molar-refractivity contribution is 6.30. The maximum atomic E-state index is 11.8. The molecule has 1 aromatic heterocycles. The second kappa shape index (κ2) is 6.81. The Hall–Kier alpha value is -2.74. The second-order valence-corrected chi connectivity index (χ2v) is 4.79. The first-order chi connectivity index (χ1) is 10.5. The lowest BCUT2D eigenvalue weighted by Gasteiger charge is -2.01. The molecule has 0 aliphatic rings. The number of carbonyl (C=O) groups is 1. The highest BCUT2D eigenvalue weighted by Gasteiger charge is 2.19. The summed E-state index contributed by atoms with van der Waals surface area (Å²) in [6, 6.07) is 6.93. The Morgan fingerprint density at radius 2 is 2.36 bits per heavy atom. The van der Waals surface area contributed by atoms with Crippen molar-refractivity contribution in [3.05, 3.63) is 57.0 Å². The molecule has 0 fully saturated rings. The monoisotopic (exact) mass is 321 g/mol. The van der Waals surface area contributed by atoms with E-state index in [9.17, 15) is 14.9 Å². The van der Waals surface area contributed by atoms with E-state index in [1.165, 1.54) is 10.8 Å². The molecule has 2 aromatic rings. The molecule has 1 aromatic carbocycles. The number of aromatic nitrogens is 2. The van der Waals surface area contributed by atoms with Gasteiger partial charge < -0.3 is 10.1 Å². The minimum Gasteiger partial charge on any atom is -0.358 e. The second-order valence-electron chi connectivity index (χ2n) is 4.36. The molecule has 0 aliphatic heterocycles. The van der Waals surface area contributed by atoms with Gasteiger partial charge in [-0.15, -0.1) is 0 Å². The van der Waals surface area contributed by atoms with Crippen LogP contribution in [0.5, 0.6) is 0 Å². The third-order valence-electron chi connectivity index (χ3n) is 2.77. The maximum Gasteiger partial charge on any atom is 0.343 e. The fourth-order valence-electron chi connectivity index (χ4n) is 1.74. The average Bonchev–Trinajstić information content (AvgIpc) is 2.80. The normalized spacial score (nSPS) is 10.8. The summed E-state index contributed by atoms with van der Waals surface area (Å²) >= 11 is 5.82. The first-order valence-electron chi connectivity index (χ1n) is 6.21. The fourth-order valence-corrected chi connectivity index (χ4v) is 1.94. The van der Waals surface area contributed by atoms with Gasteiger partial charge in [0.2, 0.25) is 0 Å². The van der Waals surface area contributed by atoms with Crippen molar-refractivity contribution < 1.29 is 9.72 Å². The summed E-state index contributed by atoms with van der Waals surface area (Å²) in [5.74, 6) is -0.366. The number of rotatable bonds is 5. The molecule has 0 spiro atoms. The Morgan fingerprint density at radius 1 is 1.59 bits per heavy atom. The first kappa shape index (κ1) is 15.6. The molecule has 0 saturated carbocycles. The summed E-state index contributed by atoms with van der Waals surface area (Å²) in [6.45, 7) is 1.34. The van der Waals surface area contributed by atoms with Gasteiger partial charge in [0.1, 0.15) is 6.20 Å². The van der Waals surface area contributed by atoms with Crippen LogP contribution in [0.3, 0.4) is 0 Å². The fraction of sp³-hybridized carbons (Fsp3) is 0.154. The third kappa shape index (κ3) is 3.89. The first-order valence-corrected chi connectivity index (χ1v) is 6.59. The van der Waals surface area contributed by atoms with Gasteiger partial charge in [-0.05, 0) is 22.6 Å². The molecule has 0 atom stereocenters. The van der Waals surface area contributed by atoms with Crippen LogP contribution in [0.4, 0.5) is 5.82 Å².